The molecule has 118 valence electrons. The van der Waals surface area contributed by atoms with Gasteiger partial charge in [0, 0.05) is 17.5 Å². The van der Waals surface area contributed by atoms with Gasteiger partial charge in [0.25, 0.3) is 0 Å². The Balaban J connectivity index is 2.51. The van der Waals surface area contributed by atoms with E-state index in [-0.39, 0.29) is 17.3 Å². The van der Waals surface area contributed by atoms with E-state index in [1.807, 2.05) is 0 Å². The van der Waals surface area contributed by atoms with Crippen molar-refractivity contribution in [2.24, 2.45) is 0 Å². The summed E-state index contributed by atoms with van der Waals surface area (Å²) in [4.78, 5) is 14.5. The molecule has 0 aliphatic rings. The predicted molar refractivity (Wildman–Crippen MR) is 72.2 cm³/mol. The van der Waals surface area contributed by atoms with Gasteiger partial charge in [0.15, 0.2) is 5.82 Å². The minimum absolute atomic E-state index is 0.0203. The summed E-state index contributed by atoms with van der Waals surface area (Å²) in [5.41, 5.74) is 0.436. The van der Waals surface area contributed by atoms with Crippen LogP contribution in [0.15, 0.2) is 12.3 Å². The molecule has 22 heavy (non-hydrogen) atoms. The summed E-state index contributed by atoms with van der Waals surface area (Å²) in [5.74, 6) is -1.01. The van der Waals surface area contributed by atoms with Gasteiger partial charge in [-0.05, 0) is 19.9 Å². The quantitative estimate of drug-likeness (QED) is 0.936. The van der Waals surface area contributed by atoms with E-state index in [1.165, 1.54) is 4.68 Å². The minimum Gasteiger partial charge on any atom is -0.481 e. The molecule has 0 unspecified atom stereocenters. The van der Waals surface area contributed by atoms with Gasteiger partial charge < -0.3 is 5.11 Å². The number of carboxylic acid groups (broad SMARTS) is 1. The van der Waals surface area contributed by atoms with Gasteiger partial charge in [-0.25, -0.2) is 9.67 Å². The first-order chi connectivity index (χ1) is 10.1. The van der Waals surface area contributed by atoms with Crippen LogP contribution in [0.3, 0.4) is 0 Å². The summed E-state index contributed by atoms with van der Waals surface area (Å²) in [6, 6.07) is 0.761. The van der Waals surface area contributed by atoms with E-state index < -0.39 is 17.7 Å². The molecule has 0 atom stereocenters. The van der Waals surface area contributed by atoms with Gasteiger partial charge in [-0.1, -0.05) is 11.6 Å². The van der Waals surface area contributed by atoms with Crippen LogP contribution in [0.1, 0.15) is 22.5 Å². The van der Waals surface area contributed by atoms with Gasteiger partial charge in [0.2, 0.25) is 0 Å². The Morgan fingerprint density at radius 1 is 1.41 bits per heavy atom. The molecule has 0 saturated carbocycles. The average Bonchev–Trinajstić information content (AvgIpc) is 2.65. The molecule has 0 fully saturated rings. The first-order valence-electron chi connectivity index (χ1n) is 6.11. The van der Waals surface area contributed by atoms with Crippen molar-refractivity contribution in [2.75, 3.05) is 0 Å². The van der Waals surface area contributed by atoms with Gasteiger partial charge in [0.1, 0.15) is 0 Å². The maximum Gasteiger partial charge on any atom is 0.417 e. The second-order valence-corrected chi connectivity index (χ2v) is 5.07. The molecule has 1 N–H and O–H groups in total. The number of halogens is 4. The van der Waals surface area contributed by atoms with Crippen LogP contribution in [0.5, 0.6) is 0 Å². The van der Waals surface area contributed by atoms with Crippen LogP contribution in [-0.2, 0) is 17.4 Å². The predicted octanol–water partition coefficient (Wildman–Crippen LogP) is 3.18. The van der Waals surface area contributed by atoms with Gasteiger partial charge >= 0.3 is 12.1 Å². The van der Waals surface area contributed by atoms with Crippen LogP contribution < -0.4 is 0 Å². The van der Waals surface area contributed by atoms with Crippen molar-refractivity contribution < 1.29 is 23.1 Å². The molecule has 2 rings (SSSR count). The molecule has 0 aliphatic carbocycles. The highest BCUT2D eigenvalue weighted by molar-refractivity contribution is 6.32. The average molecular weight is 334 g/mol. The lowest BCUT2D eigenvalue weighted by Gasteiger charge is -2.10. The van der Waals surface area contributed by atoms with E-state index in [1.54, 1.807) is 13.8 Å². The fraction of sp³-hybridized carbons (Fsp3) is 0.308. The summed E-state index contributed by atoms with van der Waals surface area (Å²) in [5, 5.41) is 12.8. The maximum absolute atomic E-state index is 12.6. The number of hydrogen-bond donors (Lipinski definition) is 1. The number of pyridine rings is 1. The number of hydrogen-bond acceptors (Lipinski definition) is 3. The summed E-state index contributed by atoms with van der Waals surface area (Å²) in [6.45, 7) is 3.22. The van der Waals surface area contributed by atoms with E-state index in [0.717, 1.165) is 6.07 Å². The van der Waals surface area contributed by atoms with Crippen molar-refractivity contribution in [3.8, 4) is 5.82 Å². The first kappa shape index (κ1) is 16.3. The normalized spacial score (nSPS) is 11.7. The lowest BCUT2D eigenvalue weighted by Crippen LogP contribution is -2.09. The number of rotatable bonds is 3. The van der Waals surface area contributed by atoms with Crippen LogP contribution in [0.4, 0.5) is 13.2 Å². The van der Waals surface area contributed by atoms with Crippen LogP contribution >= 0.6 is 11.6 Å². The van der Waals surface area contributed by atoms with Crippen molar-refractivity contribution in [1.82, 2.24) is 14.8 Å². The van der Waals surface area contributed by atoms with Crippen LogP contribution in [0.25, 0.3) is 5.82 Å². The molecule has 2 aromatic rings. The molecule has 0 amide bonds. The first-order valence-corrected chi connectivity index (χ1v) is 6.49. The third-order valence-corrected chi connectivity index (χ3v) is 3.40. The number of alkyl halides is 3. The molecular weight excluding hydrogens is 323 g/mol. The van der Waals surface area contributed by atoms with Gasteiger partial charge in [-0.2, -0.15) is 18.3 Å². The van der Waals surface area contributed by atoms with Crippen molar-refractivity contribution in [1.29, 1.82) is 0 Å². The summed E-state index contributed by atoms with van der Waals surface area (Å²) in [6.07, 6.45) is -4.12. The molecule has 0 saturated heterocycles. The number of nitrogens with zero attached hydrogens (tertiary/aromatic N) is 3. The van der Waals surface area contributed by atoms with E-state index in [0.29, 0.717) is 23.1 Å². The van der Waals surface area contributed by atoms with Gasteiger partial charge in [-0.3, -0.25) is 4.79 Å². The third kappa shape index (κ3) is 3.06. The second-order valence-electron chi connectivity index (χ2n) is 4.66. The largest absolute Gasteiger partial charge is 0.481 e. The Morgan fingerprint density at radius 2 is 2.05 bits per heavy atom. The van der Waals surface area contributed by atoms with E-state index >= 15 is 0 Å². The molecule has 0 bridgehead atoms. The highest BCUT2D eigenvalue weighted by Crippen LogP contribution is 2.32. The minimum atomic E-state index is -4.54. The SMILES string of the molecule is Cc1nn(-c2ncc(C(F)(F)F)cc2Cl)c(C)c1CC(=O)O. The molecule has 2 heterocycles. The third-order valence-electron chi connectivity index (χ3n) is 3.12. The zero-order chi connectivity index (χ0) is 16.7. The standard InChI is InChI=1S/C13H11ClF3N3O2/c1-6-9(4-11(21)22)7(2)20(19-6)12-10(14)3-8(5-18-12)13(15,16)17/h3,5H,4H2,1-2H3,(H,21,22). The number of aryl methyl sites for hydroxylation is 1. The second kappa shape index (κ2) is 5.60. The van der Waals surface area contributed by atoms with Crippen molar-refractivity contribution in [2.45, 2.75) is 26.4 Å². The summed E-state index contributed by atoms with van der Waals surface area (Å²) >= 11 is 5.87. The van der Waals surface area contributed by atoms with Gasteiger partial charge in [-0.15, -0.1) is 0 Å². The number of aliphatic carboxylic acids is 1. The molecule has 0 aromatic carbocycles. The van der Waals surface area contributed by atoms with Crippen LogP contribution in [-0.4, -0.2) is 25.8 Å². The Bertz CT molecular complexity index is 741. The zero-order valence-electron chi connectivity index (χ0n) is 11.6. The fourth-order valence-electron chi connectivity index (χ4n) is 2.03. The highest BCUT2D eigenvalue weighted by atomic mass is 35.5. The number of carbonyl (C=O) groups is 1. The molecule has 0 spiro atoms. The Kier molecular flexibility index (Phi) is 4.15. The van der Waals surface area contributed by atoms with Crippen molar-refractivity contribution in [3.63, 3.8) is 0 Å². The molecule has 5 nitrogen and oxygen atoms in total. The molecule has 0 radical (unpaired) electrons. The van der Waals surface area contributed by atoms with Crippen LogP contribution in [0, 0.1) is 13.8 Å². The monoisotopic (exact) mass is 333 g/mol. The van der Waals surface area contributed by atoms with E-state index in [9.17, 15) is 18.0 Å². The lowest BCUT2D eigenvalue weighted by molar-refractivity contribution is -0.138. The summed E-state index contributed by atoms with van der Waals surface area (Å²) in [7, 11) is 0. The molecular formula is C13H11ClF3N3O2. The zero-order valence-corrected chi connectivity index (χ0v) is 12.3. The number of carboxylic acids is 1. The molecule has 9 heteroatoms. The maximum atomic E-state index is 12.6. The smallest absolute Gasteiger partial charge is 0.417 e. The van der Waals surface area contributed by atoms with E-state index in [2.05, 4.69) is 10.1 Å². The Morgan fingerprint density at radius 3 is 2.55 bits per heavy atom. The fourth-order valence-corrected chi connectivity index (χ4v) is 2.28. The highest BCUT2D eigenvalue weighted by Gasteiger charge is 2.32. The molecule has 2 aromatic heterocycles. The van der Waals surface area contributed by atoms with Crippen molar-refractivity contribution >= 4 is 17.6 Å². The Labute approximate surface area is 128 Å². The van der Waals surface area contributed by atoms with Gasteiger partial charge in [0.05, 0.1) is 22.7 Å². The topological polar surface area (TPSA) is 68.0 Å². The number of aromatic nitrogens is 3. The van der Waals surface area contributed by atoms with Crippen molar-refractivity contribution in [3.05, 3.63) is 39.8 Å². The lowest BCUT2D eigenvalue weighted by atomic mass is 10.1. The molecule has 0 aliphatic heterocycles. The van der Waals surface area contributed by atoms with E-state index in [4.69, 9.17) is 16.7 Å². The summed E-state index contributed by atoms with van der Waals surface area (Å²) < 4.78 is 39.1. The van der Waals surface area contributed by atoms with Crippen LogP contribution in [0.2, 0.25) is 5.02 Å². The Hall–Kier alpha value is -2.09.